The molecular formula is C11H12N6O3S. The summed E-state index contributed by atoms with van der Waals surface area (Å²) in [5.41, 5.74) is 5.56. The van der Waals surface area contributed by atoms with Crippen molar-refractivity contribution in [2.45, 2.75) is 17.0 Å². The van der Waals surface area contributed by atoms with Gasteiger partial charge >= 0.3 is 0 Å². The maximum atomic E-state index is 11.2. The molecule has 110 valence electrons. The Morgan fingerprint density at radius 1 is 1.52 bits per heavy atom. The zero-order chi connectivity index (χ0) is 15.6. The maximum Gasteiger partial charge on any atom is 0.284 e. The van der Waals surface area contributed by atoms with E-state index >= 15 is 0 Å². The number of nitro groups is 1. The third kappa shape index (κ3) is 2.94. The molecule has 0 radical (unpaired) electrons. The highest BCUT2D eigenvalue weighted by molar-refractivity contribution is 7.99. The number of nitrogens with zero attached hydrogens (tertiary/aromatic N) is 5. The van der Waals surface area contributed by atoms with E-state index in [2.05, 4.69) is 15.4 Å². The van der Waals surface area contributed by atoms with Crippen LogP contribution in [-0.2, 0) is 7.05 Å². The van der Waals surface area contributed by atoms with Gasteiger partial charge < -0.3 is 15.5 Å². The Hall–Kier alpha value is -2.62. The Kier molecular flexibility index (Phi) is 4.08. The Bertz CT molecular complexity index is 727. The molecule has 3 N–H and O–H groups in total. The quantitative estimate of drug-likeness (QED) is 0.286. The fraction of sp³-hybridized carbons (Fsp3) is 0.182. The van der Waals surface area contributed by atoms with Gasteiger partial charge in [0.25, 0.3) is 5.69 Å². The van der Waals surface area contributed by atoms with E-state index in [1.54, 1.807) is 18.5 Å². The lowest BCUT2D eigenvalue weighted by atomic mass is 10.2. The Labute approximate surface area is 123 Å². The van der Waals surface area contributed by atoms with Crippen LogP contribution in [0.15, 0.2) is 33.4 Å². The van der Waals surface area contributed by atoms with Crippen LogP contribution in [0.5, 0.6) is 0 Å². The molecule has 0 aliphatic rings. The number of amidine groups is 1. The van der Waals surface area contributed by atoms with Crippen LogP contribution in [-0.4, -0.2) is 30.7 Å². The van der Waals surface area contributed by atoms with Crippen molar-refractivity contribution in [3.8, 4) is 0 Å². The van der Waals surface area contributed by atoms with Gasteiger partial charge in [-0.15, -0.1) is 10.2 Å². The van der Waals surface area contributed by atoms with Gasteiger partial charge in [0.05, 0.1) is 9.82 Å². The molecule has 0 spiro atoms. The first-order chi connectivity index (χ1) is 9.93. The van der Waals surface area contributed by atoms with Crippen molar-refractivity contribution in [1.29, 1.82) is 0 Å². The van der Waals surface area contributed by atoms with Crippen molar-refractivity contribution in [2.75, 3.05) is 0 Å². The number of aryl methyl sites for hydroxylation is 1. The zero-order valence-electron chi connectivity index (χ0n) is 11.2. The van der Waals surface area contributed by atoms with Gasteiger partial charge in [0, 0.05) is 18.7 Å². The summed E-state index contributed by atoms with van der Waals surface area (Å²) < 4.78 is 1.73. The highest BCUT2D eigenvalue weighted by Gasteiger charge is 2.19. The first kappa shape index (κ1) is 14.8. The van der Waals surface area contributed by atoms with E-state index < -0.39 is 4.92 Å². The predicted molar refractivity (Wildman–Crippen MR) is 75.5 cm³/mol. The molecule has 9 nitrogen and oxygen atoms in total. The molecule has 0 aliphatic heterocycles. The molecule has 0 aliphatic carbocycles. The fourth-order valence-electron chi connectivity index (χ4n) is 1.54. The molecule has 0 bridgehead atoms. The summed E-state index contributed by atoms with van der Waals surface area (Å²) in [5.74, 6) is 0.512. The summed E-state index contributed by atoms with van der Waals surface area (Å²) in [6, 6.07) is 4.31. The standard InChI is InChI=1S/C11H12N6O3S/c1-6-13-14-11(16(6)2)21-9-4-3-7(10(12)15-18)5-8(9)17(19)20/h3-5,18H,1-2H3,(H2,12,15). The first-order valence-electron chi connectivity index (χ1n) is 5.74. The molecule has 0 amide bonds. The lowest BCUT2D eigenvalue weighted by Crippen LogP contribution is -2.13. The normalized spacial score (nSPS) is 11.6. The average molecular weight is 308 g/mol. The molecule has 0 unspecified atom stereocenters. The van der Waals surface area contributed by atoms with Gasteiger partial charge in [-0.3, -0.25) is 10.1 Å². The Morgan fingerprint density at radius 3 is 2.76 bits per heavy atom. The minimum absolute atomic E-state index is 0.148. The van der Waals surface area contributed by atoms with Gasteiger partial charge in [-0.1, -0.05) is 5.16 Å². The summed E-state index contributed by atoms with van der Waals surface area (Å²) in [7, 11) is 1.77. The van der Waals surface area contributed by atoms with Crippen LogP contribution in [0.1, 0.15) is 11.4 Å². The van der Waals surface area contributed by atoms with E-state index in [1.165, 1.54) is 18.2 Å². The van der Waals surface area contributed by atoms with E-state index in [-0.39, 0.29) is 17.1 Å². The van der Waals surface area contributed by atoms with Crippen LogP contribution in [0, 0.1) is 17.0 Å². The lowest BCUT2D eigenvalue weighted by Gasteiger charge is -2.05. The molecular weight excluding hydrogens is 296 g/mol. The minimum atomic E-state index is -0.528. The topological polar surface area (TPSA) is 132 Å². The van der Waals surface area contributed by atoms with Crippen molar-refractivity contribution >= 4 is 23.3 Å². The highest BCUT2D eigenvalue weighted by atomic mass is 32.2. The number of oxime groups is 1. The van der Waals surface area contributed by atoms with Crippen LogP contribution in [0.25, 0.3) is 0 Å². The van der Waals surface area contributed by atoms with Crippen LogP contribution in [0.3, 0.4) is 0 Å². The van der Waals surface area contributed by atoms with Gasteiger partial charge in [0.15, 0.2) is 11.0 Å². The third-order valence-electron chi connectivity index (χ3n) is 2.81. The number of nitro benzene ring substituents is 1. The monoisotopic (exact) mass is 308 g/mol. The van der Waals surface area contributed by atoms with Gasteiger partial charge in [0.2, 0.25) is 0 Å². The van der Waals surface area contributed by atoms with Crippen molar-refractivity contribution in [1.82, 2.24) is 14.8 Å². The van der Waals surface area contributed by atoms with Crippen LogP contribution in [0.2, 0.25) is 0 Å². The second-order valence-corrected chi connectivity index (χ2v) is 5.12. The highest BCUT2D eigenvalue weighted by Crippen LogP contribution is 2.34. The number of aromatic nitrogens is 3. The van der Waals surface area contributed by atoms with Crippen molar-refractivity contribution < 1.29 is 10.1 Å². The van der Waals surface area contributed by atoms with E-state index in [4.69, 9.17) is 10.9 Å². The summed E-state index contributed by atoms with van der Waals surface area (Å²) in [6.07, 6.45) is 0. The van der Waals surface area contributed by atoms with E-state index in [9.17, 15) is 10.1 Å². The summed E-state index contributed by atoms with van der Waals surface area (Å²) in [5, 5.41) is 31.0. The molecule has 0 saturated carbocycles. The molecule has 2 aromatic rings. The molecule has 21 heavy (non-hydrogen) atoms. The van der Waals surface area contributed by atoms with Crippen LogP contribution in [0.4, 0.5) is 5.69 Å². The SMILES string of the molecule is Cc1nnc(Sc2ccc(C(N)=NO)cc2[N+](=O)[O-])n1C. The van der Waals surface area contributed by atoms with E-state index in [0.29, 0.717) is 15.9 Å². The molecule has 10 heteroatoms. The van der Waals surface area contributed by atoms with Crippen molar-refractivity contribution in [3.05, 3.63) is 39.7 Å². The molecule has 1 heterocycles. The molecule has 2 rings (SSSR count). The predicted octanol–water partition coefficient (Wildman–Crippen LogP) is 1.28. The maximum absolute atomic E-state index is 11.2. The second-order valence-electron chi connectivity index (χ2n) is 4.12. The first-order valence-corrected chi connectivity index (χ1v) is 6.56. The number of rotatable bonds is 4. The summed E-state index contributed by atoms with van der Waals surface area (Å²) in [4.78, 5) is 11.0. The van der Waals surface area contributed by atoms with Crippen molar-refractivity contribution in [2.24, 2.45) is 17.9 Å². The number of nitrogens with two attached hydrogens (primary N) is 1. The van der Waals surface area contributed by atoms with E-state index in [1.807, 2.05) is 0 Å². The van der Waals surface area contributed by atoms with E-state index in [0.717, 1.165) is 11.8 Å². The van der Waals surface area contributed by atoms with Gasteiger partial charge in [-0.05, 0) is 30.8 Å². The lowest BCUT2D eigenvalue weighted by molar-refractivity contribution is -0.387. The second kappa shape index (κ2) is 5.79. The van der Waals surface area contributed by atoms with Crippen molar-refractivity contribution in [3.63, 3.8) is 0 Å². The average Bonchev–Trinajstić information content (AvgIpc) is 2.78. The molecule has 1 aromatic carbocycles. The summed E-state index contributed by atoms with van der Waals surface area (Å²) in [6.45, 7) is 1.78. The van der Waals surface area contributed by atoms with Crippen LogP contribution >= 0.6 is 11.8 Å². The number of benzene rings is 1. The smallest absolute Gasteiger partial charge is 0.284 e. The number of hydrogen-bond acceptors (Lipinski definition) is 7. The van der Waals surface area contributed by atoms with Crippen LogP contribution < -0.4 is 5.73 Å². The molecule has 0 saturated heterocycles. The van der Waals surface area contributed by atoms with Gasteiger partial charge in [-0.2, -0.15) is 0 Å². The molecule has 0 atom stereocenters. The fourth-order valence-corrected chi connectivity index (χ4v) is 2.46. The summed E-state index contributed by atoms with van der Waals surface area (Å²) >= 11 is 1.12. The molecule has 1 aromatic heterocycles. The third-order valence-corrected chi connectivity index (χ3v) is 3.92. The Balaban J connectivity index is 2.44. The molecule has 0 fully saturated rings. The zero-order valence-corrected chi connectivity index (χ0v) is 12.0. The number of hydrogen-bond donors (Lipinski definition) is 2. The minimum Gasteiger partial charge on any atom is -0.409 e. The Morgan fingerprint density at radius 2 is 2.24 bits per heavy atom. The van der Waals surface area contributed by atoms with Gasteiger partial charge in [-0.25, -0.2) is 0 Å². The van der Waals surface area contributed by atoms with Gasteiger partial charge in [0.1, 0.15) is 5.82 Å². The largest absolute Gasteiger partial charge is 0.409 e.